The average Bonchev–Trinajstić information content (AvgIpc) is 2.85. The molecule has 3 rings (SSSR count). The number of hydrogen-bond acceptors (Lipinski definition) is 5. The summed E-state index contributed by atoms with van der Waals surface area (Å²) in [5, 5.41) is 4.58. The molecule has 0 fully saturated rings. The Balaban J connectivity index is 1.78. The number of anilines is 1. The highest BCUT2D eigenvalue weighted by atomic mass is 32.1. The van der Waals surface area contributed by atoms with Gasteiger partial charge in [0.25, 0.3) is 5.91 Å². The molecule has 1 N–H and O–H groups in total. The normalized spacial score (nSPS) is 14.7. The van der Waals surface area contributed by atoms with Gasteiger partial charge in [0, 0.05) is 4.88 Å². The van der Waals surface area contributed by atoms with Gasteiger partial charge in [0.2, 0.25) is 0 Å². The van der Waals surface area contributed by atoms with E-state index in [-0.39, 0.29) is 5.91 Å². The lowest BCUT2D eigenvalue weighted by molar-refractivity contribution is 0.103. The first kappa shape index (κ1) is 13.7. The van der Waals surface area contributed by atoms with Crippen molar-refractivity contribution in [1.82, 2.24) is 9.97 Å². The maximum absolute atomic E-state index is 12.3. The molecule has 1 amide bonds. The zero-order valence-electron chi connectivity index (χ0n) is 11.7. The highest BCUT2D eigenvalue weighted by Gasteiger charge is 2.18. The molecule has 0 aromatic carbocycles. The molecule has 0 spiro atoms. The molecule has 0 radical (unpaired) electrons. The SMILES string of the molecule is Cc1nc(C)c(C(=O)Nc2nc3c(s2)CCCCC3)s1. The van der Waals surface area contributed by atoms with E-state index in [9.17, 15) is 4.79 Å². The number of aryl methyl sites for hydroxylation is 4. The monoisotopic (exact) mass is 307 g/mol. The molecule has 0 bridgehead atoms. The Bertz CT molecular complexity index is 621. The average molecular weight is 307 g/mol. The van der Waals surface area contributed by atoms with Crippen molar-refractivity contribution in [3.05, 3.63) is 26.1 Å². The molecular weight excluding hydrogens is 290 g/mol. The summed E-state index contributed by atoms with van der Waals surface area (Å²) in [6.45, 7) is 3.79. The Morgan fingerprint density at radius 1 is 1.10 bits per heavy atom. The van der Waals surface area contributed by atoms with Crippen LogP contribution in [-0.4, -0.2) is 15.9 Å². The predicted octanol–water partition coefficient (Wildman–Crippen LogP) is 3.74. The van der Waals surface area contributed by atoms with Gasteiger partial charge < -0.3 is 0 Å². The van der Waals surface area contributed by atoms with Crippen molar-refractivity contribution in [2.75, 3.05) is 5.32 Å². The number of rotatable bonds is 2. The van der Waals surface area contributed by atoms with Crippen molar-refractivity contribution in [2.45, 2.75) is 46.0 Å². The summed E-state index contributed by atoms with van der Waals surface area (Å²) in [7, 11) is 0. The Kier molecular flexibility index (Phi) is 3.85. The van der Waals surface area contributed by atoms with Crippen molar-refractivity contribution >= 4 is 33.7 Å². The highest BCUT2D eigenvalue weighted by Crippen LogP contribution is 2.29. The summed E-state index contributed by atoms with van der Waals surface area (Å²) in [6.07, 6.45) is 5.86. The van der Waals surface area contributed by atoms with Crippen LogP contribution in [0.5, 0.6) is 0 Å². The third-order valence-electron chi connectivity index (χ3n) is 3.43. The number of amides is 1. The maximum atomic E-state index is 12.3. The number of carbonyl (C=O) groups excluding carboxylic acids is 1. The van der Waals surface area contributed by atoms with Crippen LogP contribution in [0.4, 0.5) is 5.13 Å². The van der Waals surface area contributed by atoms with Crippen LogP contribution in [-0.2, 0) is 12.8 Å². The van der Waals surface area contributed by atoms with E-state index in [1.807, 2.05) is 13.8 Å². The second-order valence-corrected chi connectivity index (χ2v) is 7.34. The zero-order chi connectivity index (χ0) is 14.1. The van der Waals surface area contributed by atoms with Gasteiger partial charge in [0.15, 0.2) is 5.13 Å². The molecule has 2 heterocycles. The summed E-state index contributed by atoms with van der Waals surface area (Å²) >= 11 is 3.06. The molecule has 106 valence electrons. The maximum Gasteiger partial charge on any atom is 0.269 e. The second-order valence-electron chi connectivity index (χ2n) is 5.05. The van der Waals surface area contributed by atoms with Gasteiger partial charge in [0.1, 0.15) is 4.88 Å². The zero-order valence-corrected chi connectivity index (χ0v) is 13.3. The van der Waals surface area contributed by atoms with Crippen LogP contribution < -0.4 is 5.32 Å². The highest BCUT2D eigenvalue weighted by molar-refractivity contribution is 7.16. The smallest absolute Gasteiger partial charge is 0.269 e. The van der Waals surface area contributed by atoms with Crippen LogP contribution in [0, 0.1) is 13.8 Å². The molecule has 0 unspecified atom stereocenters. The molecule has 1 aliphatic carbocycles. The number of nitrogens with one attached hydrogen (secondary N) is 1. The molecule has 0 aliphatic heterocycles. The summed E-state index contributed by atoms with van der Waals surface area (Å²) in [6, 6.07) is 0. The number of fused-ring (bicyclic) bond motifs is 1. The molecule has 4 nitrogen and oxygen atoms in total. The lowest BCUT2D eigenvalue weighted by Crippen LogP contribution is -2.11. The molecule has 6 heteroatoms. The second kappa shape index (κ2) is 5.61. The van der Waals surface area contributed by atoms with Crippen LogP contribution in [0.1, 0.15) is 50.2 Å². The van der Waals surface area contributed by atoms with Gasteiger partial charge in [-0.05, 0) is 39.5 Å². The van der Waals surface area contributed by atoms with Crippen LogP contribution in [0.25, 0.3) is 0 Å². The van der Waals surface area contributed by atoms with E-state index in [1.165, 1.54) is 41.2 Å². The van der Waals surface area contributed by atoms with Crippen LogP contribution in [0.2, 0.25) is 0 Å². The molecule has 0 saturated carbocycles. The van der Waals surface area contributed by atoms with Gasteiger partial charge in [-0.25, -0.2) is 9.97 Å². The summed E-state index contributed by atoms with van der Waals surface area (Å²) in [5.74, 6) is -0.0861. The lowest BCUT2D eigenvalue weighted by atomic mass is 10.2. The summed E-state index contributed by atoms with van der Waals surface area (Å²) in [4.78, 5) is 23.2. The van der Waals surface area contributed by atoms with Crippen molar-refractivity contribution in [2.24, 2.45) is 0 Å². The Labute approximate surface area is 126 Å². The van der Waals surface area contributed by atoms with Crippen LogP contribution >= 0.6 is 22.7 Å². The molecule has 0 saturated heterocycles. The van der Waals surface area contributed by atoms with Gasteiger partial charge in [-0.3, -0.25) is 10.1 Å². The van der Waals surface area contributed by atoms with Crippen molar-refractivity contribution < 1.29 is 4.79 Å². The third kappa shape index (κ3) is 2.76. The van der Waals surface area contributed by atoms with Crippen LogP contribution in [0.3, 0.4) is 0 Å². The van der Waals surface area contributed by atoms with E-state index in [2.05, 4.69) is 15.3 Å². The van der Waals surface area contributed by atoms with E-state index in [0.717, 1.165) is 28.7 Å². The Morgan fingerprint density at radius 3 is 2.65 bits per heavy atom. The predicted molar refractivity (Wildman–Crippen MR) is 82.9 cm³/mol. The van der Waals surface area contributed by atoms with E-state index < -0.39 is 0 Å². The van der Waals surface area contributed by atoms with Gasteiger partial charge in [-0.2, -0.15) is 0 Å². The van der Waals surface area contributed by atoms with E-state index >= 15 is 0 Å². The molecule has 20 heavy (non-hydrogen) atoms. The largest absolute Gasteiger partial charge is 0.297 e. The van der Waals surface area contributed by atoms with Crippen molar-refractivity contribution in [1.29, 1.82) is 0 Å². The lowest BCUT2D eigenvalue weighted by Gasteiger charge is -1.99. The summed E-state index contributed by atoms with van der Waals surface area (Å²) < 4.78 is 0. The molecule has 2 aromatic rings. The molecule has 2 aromatic heterocycles. The minimum absolute atomic E-state index is 0.0861. The molecule has 1 aliphatic rings. The number of carbonyl (C=O) groups is 1. The number of thiazole rings is 2. The van der Waals surface area contributed by atoms with Crippen molar-refractivity contribution in [3.63, 3.8) is 0 Å². The quantitative estimate of drug-likeness (QED) is 0.860. The van der Waals surface area contributed by atoms with E-state index in [0.29, 0.717) is 4.88 Å². The topological polar surface area (TPSA) is 54.9 Å². The first-order valence-corrected chi connectivity index (χ1v) is 8.51. The minimum atomic E-state index is -0.0861. The Hall–Kier alpha value is -1.27. The molecule has 0 atom stereocenters. The van der Waals surface area contributed by atoms with Crippen LogP contribution in [0.15, 0.2) is 0 Å². The number of nitrogens with zero attached hydrogens (tertiary/aromatic N) is 2. The standard InChI is InChI=1S/C14H17N3OS2/c1-8-12(19-9(2)15-8)13(18)17-14-16-10-6-4-3-5-7-11(10)20-14/h3-7H2,1-2H3,(H,16,17,18). The summed E-state index contributed by atoms with van der Waals surface area (Å²) in [5.41, 5.74) is 1.98. The van der Waals surface area contributed by atoms with E-state index in [1.54, 1.807) is 11.3 Å². The fourth-order valence-electron chi connectivity index (χ4n) is 2.48. The van der Waals surface area contributed by atoms with Gasteiger partial charge >= 0.3 is 0 Å². The van der Waals surface area contributed by atoms with Gasteiger partial charge in [-0.1, -0.05) is 6.42 Å². The van der Waals surface area contributed by atoms with Crippen molar-refractivity contribution in [3.8, 4) is 0 Å². The first-order valence-electron chi connectivity index (χ1n) is 6.87. The minimum Gasteiger partial charge on any atom is -0.297 e. The Morgan fingerprint density at radius 2 is 1.90 bits per heavy atom. The van der Waals surface area contributed by atoms with E-state index in [4.69, 9.17) is 0 Å². The first-order chi connectivity index (χ1) is 9.63. The molecular formula is C14H17N3OS2. The fourth-order valence-corrected chi connectivity index (χ4v) is 4.34. The number of aromatic nitrogens is 2. The number of hydrogen-bond donors (Lipinski definition) is 1. The third-order valence-corrected chi connectivity index (χ3v) is 5.57. The van der Waals surface area contributed by atoms with Gasteiger partial charge in [-0.15, -0.1) is 22.7 Å². The van der Waals surface area contributed by atoms with Gasteiger partial charge in [0.05, 0.1) is 16.4 Å². The fraction of sp³-hybridized carbons (Fsp3) is 0.500.